The van der Waals surface area contributed by atoms with Crippen molar-refractivity contribution in [3.63, 3.8) is 0 Å². The van der Waals surface area contributed by atoms with Crippen molar-refractivity contribution in [3.8, 4) is 0 Å². The van der Waals surface area contributed by atoms with E-state index in [-0.39, 0.29) is 5.56 Å². The fourth-order valence-corrected chi connectivity index (χ4v) is 1.33. The van der Waals surface area contributed by atoms with Gasteiger partial charge in [0, 0.05) is 13.3 Å². The molecular formula is C11H16N2O3. The molecule has 0 aliphatic heterocycles. The number of nitrogens with zero attached hydrogens (tertiary/aromatic N) is 2. The van der Waals surface area contributed by atoms with Crippen LogP contribution in [0.1, 0.15) is 42.1 Å². The summed E-state index contributed by atoms with van der Waals surface area (Å²) in [6.45, 7) is 5.50. The molecule has 0 fully saturated rings. The minimum absolute atomic E-state index is 0.123. The lowest BCUT2D eigenvalue weighted by Gasteiger charge is -2.25. The first kappa shape index (κ1) is 12.6. The molecule has 0 spiro atoms. The third-order valence-corrected chi connectivity index (χ3v) is 2.81. The van der Waals surface area contributed by atoms with Gasteiger partial charge in [-0.15, -0.1) is 0 Å². The molecule has 0 aliphatic carbocycles. The number of methoxy groups -OCH3 is 1. The van der Waals surface area contributed by atoms with Crippen molar-refractivity contribution in [2.45, 2.75) is 32.8 Å². The van der Waals surface area contributed by atoms with E-state index in [1.807, 2.05) is 13.8 Å². The lowest BCUT2D eigenvalue weighted by atomic mass is 10.0. The van der Waals surface area contributed by atoms with Crippen LogP contribution in [0.5, 0.6) is 0 Å². The number of carboxylic acids is 1. The van der Waals surface area contributed by atoms with E-state index in [4.69, 9.17) is 9.84 Å². The average Bonchev–Trinajstić information content (AvgIpc) is 2.27. The van der Waals surface area contributed by atoms with Crippen LogP contribution in [0.25, 0.3) is 0 Å². The van der Waals surface area contributed by atoms with E-state index in [0.717, 1.165) is 6.42 Å². The molecule has 1 rings (SSSR count). The zero-order valence-corrected chi connectivity index (χ0v) is 9.94. The maximum absolute atomic E-state index is 10.8. The number of rotatable bonds is 4. The Balaban J connectivity index is 3.19. The molecule has 0 bridgehead atoms. The van der Waals surface area contributed by atoms with Crippen molar-refractivity contribution >= 4 is 5.97 Å². The Hall–Kier alpha value is -1.49. The van der Waals surface area contributed by atoms with Crippen LogP contribution in [0, 0.1) is 6.92 Å². The van der Waals surface area contributed by atoms with E-state index in [1.54, 1.807) is 14.0 Å². The SMILES string of the molecule is CCC(C)(OC)c1ncc(C(=O)O)c(C)n1. The number of hydrogen-bond donors (Lipinski definition) is 1. The molecule has 0 aliphatic rings. The summed E-state index contributed by atoms with van der Waals surface area (Å²) in [7, 11) is 1.59. The summed E-state index contributed by atoms with van der Waals surface area (Å²) >= 11 is 0. The first-order chi connectivity index (χ1) is 7.44. The van der Waals surface area contributed by atoms with Gasteiger partial charge in [-0.05, 0) is 20.3 Å². The molecule has 5 nitrogen and oxygen atoms in total. The summed E-state index contributed by atoms with van der Waals surface area (Å²) in [5, 5.41) is 8.86. The topological polar surface area (TPSA) is 72.3 Å². The van der Waals surface area contributed by atoms with Gasteiger partial charge in [0.2, 0.25) is 0 Å². The first-order valence-corrected chi connectivity index (χ1v) is 5.07. The van der Waals surface area contributed by atoms with Crippen molar-refractivity contribution in [2.24, 2.45) is 0 Å². The predicted molar refractivity (Wildman–Crippen MR) is 58.4 cm³/mol. The summed E-state index contributed by atoms with van der Waals surface area (Å²) in [6, 6.07) is 0. The smallest absolute Gasteiger partial charge is 0.339 e. The van der Waals surface area contributed by atoms with Crippen LogP contribution >= 0.6 is 0 Å². The second-order valence-corrected chi connectivity index (χ2v) is 3.79. The number of hydrogen-bond acceptors (Lipinski definition) is 4. The van der Waals surface area contributed by atoms with Gasteiger partial charge in [-0.2, -0.15) is 0 Å². The van der Waals surface area contributed by atoms with Crippen molar-refractivity contribution in [2.75, 3.05) is 7.11 Å². The Morgan fingerprint density at radius 2 is 2.25 bits per heavy atom. The number of aromatic nitrogens is 2. The molecule has 1 atom stereocenters. The Labute approximate surface area is 94.5 Å². The second-order valence-electron chi connectivity index (χ2n) is 3.79. The van der Waals surface area contributed by atoms with Crippen LogP contribution in [0.4, 0.5) is 0 Å². The molecule has 16 heavy (non-hydrogen) atoms. The second kappa shape index (κ2) is 4.57. The molecule has 0 aromatic carbocycles. The van der Waals surface area contributed by atoms with Crippen LogP contribution < -0.4 is 0 Å². The van der Waals surface area contributed by atoms with Crippen molar-refractivity contribution in [1.82, 2.24) is 9.97 Å². The zero-order chi connectivity index (χ0) is 12.3. The van der Waals surface area contributed by atoms with Gasteiger partial charge < -0.3 is 9.84 Å². The summed E-state index contributed by atoms with van der Waals surface area (Å²) < 4.78 is 5.36. The molecule has 1 aromatic heterocycles. The van der Waals surface area contributed by atoms with Gasteiger partial charge in [-0.1, -0.05) is 6.92 Å². The minimum atomic E-state index is -1.01. The Bertz CT molecular complexity index is 400. The van der Waals surface area contributed by atoms with E-state index in [1.165, 1.54) is 6.20 Å². The quantitative estimate of drug-likeness (QED) is 0.843. The zero-order valence-electron chi connectivity index (χ0n) is 9.94. The maximum Gasteiger partial charge on any atom is 0.339 e. The Kier molecular flexibility index (Phi) is 3.59. The summed E-state index contributed by atoms with van der Waals surface area (Å²) in [5.74, 6) is -0.500. The fourth-order valence-electron chi connectivity index (χ4n) is 1.33. The molecule has 0 saturated carbocycles. The van der Waals surface area contributed by atoms with E-state index < -0.39 is 11.6 Å². The van der Waals surface area contributed by atoms with Gasteiger partial charge >= 0.3 is 5.97 Å². The van der Waals surface area contributed by atoms with E-state index >= 15 is 0 Å². The van der Waals surface area contributed by atoms with Crippen LogP contribution in [0.2, 0.25) is 0 Å². The van der Waals surface area contributed by atoms with Crippen LogP contribution in [-0.2, 0) is 10.3 Å². The van der Waals surface area contributed by atoms with E-state index in [0.29, 0.717) is 11.5 Å². The molecule has 0 amide bonds. The van der Waals surface area contributed by atoms with E-state index in [9.17, 15) is 4.79 Å². The molecule has 88 valence electrons. The number of aromatic carboxylic acids is 1. The highest BCUT2D eigenvalue weighted by molar-refractivity contribution is 5.88. The highest BCUT2D eigenvalue weighted by Crippen LogP contribution is 2.25. The van der Waals surface area contributed by atoms with E-state index in [2.05, 4.69) is 9.97 Å². The van der Waals surface area contributed by atoms with Gasteiger partial charge in [0.05, 0.1) is 11.3 Å². The Morgan fingerprint density at radius 3 is 2.62 bits per heavy atom. The molecule has 1 aromatic rings. The largest absolute Gasteiger partial charge is 0.478 e. The minimum Gasteiger partial charge on any atom is -0.478 e. The maximum atomic E-state index is 10.8. The van der Waals surface area contributed by atoms with Gasteiger partial charge in [0.15, 0.2) is 5.82 Å². The molecule has 0 saturated heterocycles. The Morgan fingerprint density at radius 1 is 1.62 bits per heavy atom. The third-order valence-electron chi connectivity index (χ3n) is 2.81. The first-order valence-electron chi connectivity index (χ1n) is 5.07. The molecule has 1 heterocycles. The van der Waals surface area contributed by atoms with Gasteiger partial charge in [0.1, 0.15) is 5.60 Å². The molecule has 1 N–H and O–H groups in total. The lowest BCUT2D eigenvalue weighted by molar-refractivity contribution is -0.00919. The van der Waals surface area contributed by atoms with Crippen LogP contribution in [-0.4, -0.2) is 28.2 Å². The number of carboxylic acid groups (broad SMARTS) is 1. The highest BCUT2D eigenvalue weighted by Gasteiger charge is 2.28. The summed E-state index contributed by atoms with van der Waals surface area (Å²) in [6.07, 6.45) is 2.04. The predicted octanol–water partition coefficient (Wildman–Crippen LogP) is 1.75. The average molecular weight is 224 g/mol. The van der Waals surface area contributed by atoms with Crippen LogP contribution in [0.15, 0.2) is 6.20 Å². The fraction of sp³-hybridized carbons (Fsp3) is 0.545. The van der Waals surface area contributed by atoms with Gasteiger partial charge in [0.25, 0.3) is 0 Å². The lowest BCUT2D eigenvalue weighted by Crippen LogP contribution is -2.27. The van der Waals surface area contributed by atoms with Crippen molar-refractivity contribution in [3.05, 3.63) is 23.3 Å². The molecule has 5 heteroatoms. The highest BCUT2D eigenvalue weighted by atomic mass is 16.5. The monoisotopic (exact) mass is 224 g/mol. The van der Waals surface area contributed by atoms with Gasteiger partial charge in [-0.25, -0.2) is 14.8 Å². The normalized spacial score (nSPS) is 14.5. The standard InChI is InChI=1S/C11H16N2O3/c1-5-11(3,16-4)10-12-6-8(9(14)15)7(2)13-10/h6H,5H2,1-4H3,(H,14,15). The molecule has 1 unspecified atom stereocenters. The van der Waals surface area contributed by atoms with Crippen molar-refractivity contribution < 1.29 is 14.6 Å². The summed E-state index contributed by atoms with van der Waals surface area (Å²) in [5.41, 5.74) is 0.00875. The number of ether oxygens (including phenoxy) is 1. The van der Waals surface area contributed by atoms with Crippen LogP contribution in [0.3, 0.4) is 0 Å². The third kappa shape index (κ3) is 2.19. The van der Waals surface area contributed by atoms with Gasteiger partial charge in [-0.3, -0.25) is 0 Å². The van der Waals surface area contributed by atoms with Crippen molar-refractivity contribution in [1.29, 1.82) is 0 Å². The number of aryl methyl sites for hydroxylation is 1. The number of carbonyl (C=O) groups is 1. The molecular weight excluding hydrogens is 208 g/mol. The summed E-state index contributed by atoms with van der Waals surface area (Å²) in [4.78, 5) is 19.1. The molecule has 0 radical (unpaired) electrons.